The molecule has 0 spiro atoms. The number of carboxylic acids is 1. The number of anilines is 1. The summed E-state index contributed by atoms with van der Waals surface area (Å²) in [5.41, 5.74) is 0. The predicted molar refractivity (Wildman–Crippen MR) is 52.1 cm³/mol. The van der Waals surface area contributed by atoms with Crippen LogP contribution in [0.25, 0.3) is 0 Å². The van der Waals surface area contributed by atoms with Crippen LogP contribution in [0.1, 0.15) is 6.42 Å². The van der Waals surface area contributed by atoms with Gasteiger partial charge in [-0.2, -0.15) is 4.39 Å². The Morgan fingerprint density at radius 2 is 2.19 bits per heavy atom. The third-order valence-electron chi connectivity index (χ3n) is 2.41. The first-order valence-corrected chi connectivity index (χ1v) is 4.74. The third-order valence-corrected chi connectivity index (χ3v) is 2.41. The summed E-state index contributed by atoms with van der Waals surface area (Å²) >= 11 is 0. The van der Waals surface area contributed by atoms with Crippen molar-refractivity contribution in [1.29, 1.82) is 0 Å². The molecule has 1 saturated carbocycles. The molecule has 2 rings (SSSR count). The van der Waals surface area contributed by atoms with Crippen LogP contribution in [0.15, 0.2) is 18.2 Å². The molecule has 0 bridgehead atoms. The highest BCUT2D eigenvalue weighted by Gasteiger charge is 2.48. The lowest BCUT2D eigenvalue weighted by molar-refractivity contribution is -0.139. The Morgan fingerprint density at radius 3 is 2.75 bits per heavy atom. The van der Waals surface area contributed by atoms with Crippen molar-refractivity contribution in [2.75, 3.05) is 5.32 Å². The molecule has 1 aliphatic carbocycles. The van der Waals surface area contributed by atoms with E-state index < -0.39 is 29.7 Å². The zero-order chi connectivity index (χ0) is 11.7. The van der Waals surface area contributed by atoms with Gasteiger partial charge in [-0.3, -0.25) is 9.59 Å². The zero-order valence-corrected chi connectivity index (χ0v) is 8.18. The summed E-state index contributed by atoms with van der Waals surface area (Å²) in [6.07, 6.45) is 0.330. The van der Waals surface area contributed by atoms with Gasteiger partial charge in [-0.25, -0.2) is 4.98 Å². The van der Waals surface area contributed by atoms with Crippen molar-refractivity contribution in [2.24, 2.45) is 11.8 Å². The number of hydrogen-bond acceptors (Lipinski definition) is 3. The second-order valence-corrected chi connectivity index (χ2v) is 3.62. The van der Waals surface area contributed by atoms with Gasteiger partial charge < -0.3 is 10.4 Å². The number of carbonyl (C=O) groups excluding carboxylic acids is 1. The number of hydrogen-bond donors (Lipinski definition) is 2. The monoisotopic (exact) mass is 224 g/mol. The zero-order valence-electron chi connectivity index (χ0n) is 8.18. The minimum atomic E-state index is -0.979. The Hall–Kier alpha value is -1.98. The number of halogens is 1. The molecular weight excluding hydrogens is 215 g/mol. The van der Waals surface area contributed by atoms with Gasteiger partial charge in [0.25, 0.3) is 0 Å². The Labute approximate surface area is 90.3 Å². The van der Waals surface area contributed by atoms with E-state index in [1.165, 1.54) is 12.1 Å². The highest BCUT2D eigenvalue weighted by Crippen LogP contribution is 2.39. The maximum atomic E-state index is 12.7. The van der Waals surface area contributed by atoms with Crippen molar-refractivity contribution in [1.82, 2.24) is 4.98 Å². The van der Waals surface area contributed by atoms with Gasteiger partial charge in [0.1, 0.15) is 5.82 Å². The van der Waals surface area contributed by atoms with Crippen molar-refractivity contribution >= 4 is 17.7 Å². The first kappa shape index (κ1) is 10.5. The topological polar surface area (TPSA) is 79.3 Å². The van der Waals surface area contributed by atoms with Gasteiger partial charge in [0.15, 0.2) is 0 Å². The van der Waals surface area contributed by atoms with Crippen molar-refractivity contribution in [3.05, 3.63) is 24.1 Å². The fourth-order valence-corrected chi connectivity index (χ4v) is 1.45. The lowest BCUT2D eigenvalue weighted by Gasteiger charge is -2.02. The van der Waals surface area contributed by atoms with E-state index >= 15 is 0 Å². The number of nitrogens with zero attached hydrogens (tertiary/aromatic N) is 1. The normalized spacial score (nSPS) is 22.6. The number of aromatic nitrogens is 1. The maximum Gasteiger partial charge on any atom is 0.307 e. The van der Waals surface area contributed by atoms with E-state index in [0.29, 0.717) is 6.42 Å². The van der Waals surface area contributed by atoms with Gasteiger partial charge in [-0.15, -0.1) is 0 Å². The molecule has 0 radical (unpaired) electrons. The molecule has 5 nitrogen and oxygen atoms in total. The number of carbonyl (C=O) groups is 2. The summed E-state index contributed by atoms with van der Waals surface area (Å²) in [4.78, 5) is 25.4. The van der Waals surface area contributed by atoms with Gasteiger partial charge in [-0.05, 0) is 18.6 Å². The molecule has 2 N–H and O–H groups in total. The summed E-state index contributed by atoms with van der Waals surface area (Å²) < 4.78 is 12.7. The molecule has 1 fully saturated rings. The molecule has 84 valence electrons. The SMILES string of the molecule is O=C(O)C1CC1C(=O)Nc1cccc(F)n1. The summed E-state index contributed by atoms with van der Waals surface area (Å²) in [6, 6.07) is 4.02. The van der Waals surface area contributed by atoms with Crippen molar-refractivity contribution in [3.8, 4) is 0 Å². The quantitative estimate of drug-likeness (QED) is 0.747. The second kappa shape index (κ2) is 3.88. The summed E-state index contributed by atoms with van der Waals surface area (Å²) in [5.74, 6) is -3.14. The van der Waals surface area contributed by atoms with E-state index in [4.69, 9.17) is 5.11 Å². The highest BCUT2D eigenvalue weighted by molar-refractivity contribution is 5.97. The lowest BCUT2D eigenvalue weighted by atomic mass is 10.3. The second-order valence-electron chi connectivity index (χ2n) is 3.62. The van der Waals surface area contributed by atoms with Crippen LogP contribution in [0.3, 0.4) is 0 Å². The fourth-order valence-electron chi connectivity index (χ4n) is 1.45. The van der Waals surface area contributed by atoms with Gasteiger partial charge >= 0.3 is 5.97 Å². The van der Waals surface area contributed by atoms with E-state index in [-0.39, 0.29) is 5.82 Å². The summed E-state index contributed by atoms with van der Waals surface area (Å²) in [6.45, 7) is 0. The smallest absolute Gasteiger partial charge is 0.307 e. The highest BCUT2D eigenvalue weighted by atomic mass is 19.1. The number of amides is 1. The van der Waals surface area contributed by atoms with Gasteiger partial charge in [-0.1, -0.05) is 6.07 Å². The van der Waals surface area contributed by atoms with E-state index in [1.807, 2.05) is 0 Å². The molecule has 1 aromatic rings. The molecule has 6 heteroatoms. The molecule has 1 amide bonds. The Bertz CT molecular complexity index is 449. The Balaban J connectivity index is 1.96. The molecule has 0 saturated heterocycles. The van der Waals surface area contributed by atoms with Crippen LogP contribution in [-0.2, 0) is 9.59 Å². The van der Waals surface area contributed by atoms with Crippen LogP contribution in [0, 0.1) is 17.8 Å². The van der Waals surface area contributed by atoms with E-state index in [2.05, 4.69) is 10.3 Å². The molecule has 0 aromatic carbocycles. The molecule has 2 atom stereocenters. The number of carboxylic acid groups (broad SMARTS) is 1. The van der Waals surface area contributed by atoms with Crippen LogP contribution in [0.4, 0.5) is 10.2 Å². The number of rotatable bonds is 3. The predicted octanol–water partition coefficient (Wildman–Crippen LogP) is 0.880. The largest absolute Gasteiger partial charge is 0.481 e. The first-order chi connectivity index (χ1) is 7.58. The van der Waals surface area contributed by atoms with E-state index in [0.717, 1.165) is 6.07 Å². The molecule has 0 aliphatic heterocycles. The number of nitrogens with one attached hydrogen (secondary N) is 1. The molecule has 16 heavy (non-hydrogen) atoms. The van der Waals surface area contributed by atoms with Crippen LogP contribution in [0.5, 0.6) is 0 Å². The maximum absolute atomic E-state index is 12.7. The molecular formula is C10H9FN2O3. The van der Waals surface area contributed by atoms with Crippen LogP contribution >= 0.6 is 0 Å². The summed E-state index contributed by atoms with van der Waals surface area (Å²) in [5, 5.41) is 11.0. The van der Waals surface area contributed by atoms with Crippen LogP contribution in [-0.4, -0.2) is 22.0 Å². The third kappa shape index (κ3) is 2.16. The average molecular weight is 224 g/mol. The molecule has 2 unspecified atom stereocenters. The number of pyridine rings is 1. The minimum Gasteiger partial charge on any atom is -0.481 e. The standard InChI is InChI=1S/C10H9FN2O3/c11-7-2-1-3-8(12-7)13-9(14)5-4-6(5)10(15)16/h1-3,5-6H,4H2,(H,15,16)(H,12,13,14). The lowest BCUT2D eigenvalue weighted by Crippen LogP contribution is -2.17. The number of aliphatic carboxylic acids is 1. The molecule has 1 aliphatic rings. The van der Waals surface area contributed by atoms with E-state index in [9.17, 15) is 14.0 Å². The Morgan fingerprint density at radius 1 is 1.44 bits per heavy atom. The van der Waals surface area contributed by atoms with Crippen molar-refractivity contribution in [3.63, 3.8) is 0 Å². The van der Waals surface area contributed by atoms with Crippen molar-refractivity contribution in [2.45, 2.75) is 6.42 Å². The van der Waals surface area contributed by atoms with Gasteiger partial charge in [0.2, 0.25) is 11.9 Å². The Kier molecular flexibility index (Phi) is 2.55. The average Bonchev–Trinajstić information content (AvgIpc) is 2.96. The van der Waals surface area contributed by atoms with E-state index in [1.54, 1.807) is 0 Å². The first-order valence-electron chi connectivity index (χ1n) is 4.74. The minimum absolute atomic E-state index is 0.0982. The molecule has 1 aromatic heterocycles. The summed E-state index contributed by atoms with van der Waals surface area (Å²) in [7, 11) is 0. The van der Waals surface area contributed by atoms with Crippen LogP contribution < -0.4 is 5.32 Å². The van der Waals surface area contributed by atoms with Gasteiger partial charge in [0, 0.05) is 0 Å². The fraction of sp³-hybridized carbons (Fsp3) is 0.300. The van der Waals surface area contributed by atoms with Crippen molar-refractivity contribution < 1.29 is 19.1 Å². The van der Waals surface area contributed by atoms with Gasteiger partial charge in [0.05, 0.1) is 11.8 Å². The van der Waals surface area contributed by atoms with Crippen LogP contribution in [0.2, 0.25) is 0 Å². The molecule has 1 heterocycles.